The number of rotatable bonds is 5. The molecule has 0 saturated carbocycles. The van der Waals surface area contributed by atoms with Crippen LogP contribution < -0.4 is 15.8 Å². The van der Waals surface area contributed by atoms with Crippen LogP contribution in [0.15, 0.2) is 10.7 Å². The van der Waals surface area contributed by atoms with Crippen molar-refractivity contribution >= 4 is 37.7 Å². The highest BCUT2D eigenvalue weighted by Gasteiger charge is 2.22. The molecule has 0 aliphatic carbocycles. The minimum absolute atomic E-state index is 0.148. The SMILES string of the molecule is CC(C)(CNc1nc(N)ncc1Br)NS(C)(=O)=O. The zero-order valence-corrected chi connectivity index (χ0v) is 12.8. The number of nitrogen functional groups attached to an aromatic ring is 1. The monoisotopic (exact) mass is 337 g/mol. The van der Waals surface area contributed by atoms with Gasteiger partial charge in [0.25, 0.3) is 0 Å². The highest BCUT2D eigenvalue weighted by molar-refractivity contribution is 9.10. The van der Waals surface area contributed by atoms with E-state index in [1.54, 1.807) is 13.8 Å². The molecule has 0 radical (unpaired) electrons. The van der Waals surface area contributed by atoms with Gasteiger partial charge in [0.2, 0.25) is 16.0 Å². The summed E-state index contributed by atoms with van der Waals surface area (Å²) in [6, 6.07) is 0. The molecule has 0 aliphatic heterocycles. The lowest BCUT2D eigenvalue weighted by Crippen LogP contribution is -2.47. The number of anilines is 2. The van der Waals surface area contributed by atoms with E-state index in [-0.39, 0.29) is 5.95 Å². The second-order valence-corrected chi connectivity index (χ2v) is 7.14. The Bertz CT molecular complexity index is 532. The minimum Gasteiger partial charge on any atom is -0.368 e. The lowest BCUT2D eigenvalue weighted by molar-refractivity contribution is 0.476. The summed E-state index contributed by atoms with van der Waals surface area (Å²) in [5.41, 5.74) is 4.83. The zero-order valence-electron chi connectivity index (χ0n) is 10.4. The Morgan fingerprint density at radius 1 is 1.50 bits per heavy atom. The van der Waals surface area contributed by atoms with Crippen LogP contribution in [0, 0.1) is 0 Å². The summed E-state index contributed by atoms with van der Waals surface area (Å²) < 4.78 is 25.5. The van der Waals surface area contributed by atoms with Gasteiger partial charge in [0.15, 0.2) is 0 Å². The smallest absolute Gasteiger partial charge is 0.221 e. The molecule has 0 aromatic carbocycles. The molecule has 0 aliphatic rings. The highest BCUT2D eigenvalue weighted by Crippen LogP contribution is 2.19. The predicted molar refractivity (Wildman–Crippen MR) is 74.7 cm³/mol. The van der Waals surface area contributed by atoms with Gasteiger partial charge in [-0.1, -0.05) is 0 Å². The normalized spacial score (nSPS) is 12.4. The van der Waals surface area contributed by atoms with Crippen molar-refractivity contribution in [3.63, 3.8) is 0 Å². The Labute approximate surface area is 115 Å². The first kappa shape index (κ1) is 15.1. The van der Waals surface area contributed by atoms with Crippen LogP contribution in [-0.4, -0.2) is 36.7 Å². The van der Waals surface area contributed by atoms with Crippen molar-refractivity contribution in [2.45, 2.75) is 19.4 Å². The largest absolute Gasteiger partial charge is 0.368 e. The van der Waals surface area contributed by atoms with Crippen LogP contribution in [-0.2, 0) is 10.0 Å². The second-order valence-electron chi connectivity index (χ2n) is 4.54. The molecule has 0 saturated heterocycles. The van der Waals surface area contributed by atoms with Crippen LogP contribution in [0.2, 0.25) is 0 Å². The van der Waals surface area contributed by atoms with Crippen LogP contribution in [0.1, 0.15) is 13.8 Å². The summed E-state index contributed by atoms with van der Waals surface area (Å²) in [6.45, 7) is 3.88. The van der Waals surface area contributed by atoms with Gasteiger partial charge in [0.1, 0.15) is 5.82 Å². The van der Waals surface area contributed by atoms with Crippen LogP contribution in [0.25, 0.3) is 0 Å². The number of hydrogen-bond acceptors (Lipinski definition) is 6. The van der Waals surface area contributed by atoms with E-state index in [9.17, 15) is 8.42 Å². The Kier molecular flexibility index (Phi) is 4.51. The second kappa shape index (κ2) is 5.37. The van der Waals surface area contributed by atoms with E-state index < -0.39 is 15.6 Å². The summed E-state index contributed by atoms with van der Waals surface area (Å²) in [6.07, 6.45) is 2.65. The van der Waals surface area contributed by atoms with E-state index in [0.717, 1.165) is 6.26 Å². The summed E-state index contributed by atoms with van der Waals surface area (Å²) >= 11 is 3.28. The lowest BCUT2D eigenvalue weighted by atomic mass is 10.1. The van der Waals surface area contributed by atoms with Gasteiger partial charge in [0.05, 0.1) is 10.7 Å². The van der Waals surface area contributed by atoms with Gasteiger partial charge in [-0.25, -0.2) is 18.1 Å². The Morgan fingerprint density at radius 3 is 2.67 bits per heavy atom. The fourth-order valence-corrected chi connectivity index (χ4v) is 2.75. The third-order valence-corrected chi connectivity index (χ3v) is 3.43. The van der Waals surface area contributed by atoms with Gasteiger partial charge in [-0.15, -0.1) is 0 Å². The maximum absolute atomic E-state index is 11.2. The number of hydrogen-bond donors (Lipinski definition) is 3. The fourth-order valence-electron chi connectivity index (χ4n) is 1.35. The van der Waals surface area contributed by atoms with Crippen molar-refractivity contribution in [3.8, 4) is 0 Å². The van der Waals surface area contributed by atoms with E-state index in [1.165, 1.54) is 6.20 Å². The molecule has 18 heavy (non-hydrogen) atoms. The summed E-state index contributed by atoms with van der Waals surface area (Å²) in [4.78, 5) is 7.82. The molecule has 0 bridgehead atoms. The highest BCUT2D eigenvalue weighted by atomic mass is 79.9. The summed E-state index contributed by atoms with van der Waals surface area (Å²) in [7, 11) is -3.26. The first-order valence-corrected chi connectivity index (χ1v) is 7.78. The van der Waals surface area contributed by atoms with Gasteiger partial charge < -0.3 is 11.1 Å². The molecular formula is C9H16BrN5O2S. The van der Waals surface area contributed by atoms with E-state index in [2.05, 4.69) is 35.9 Å². The molecule has 4 N–H and O–H groups in total. The van der Waals surface area contributed by atoms with Crippen molar-refractivity contribution in [2.24, 2.45) is 0 Å². The molecule has 9 heteroatoms. The average Bonchev–Trinajstić information content (AvgIpc) is 2.16. The van der Waals surface area contributed by atoms with Crippen LogP contribution in [0.5, 0.6) is 0 Å². The summed E-state index contributed by atoms with van der Waals surface area (Å²) in [5, 5.41) is 3.01. The predicted octanol–water partition coefficient (Wildman–Crippen LogP) is 0.561. The Morgan fingerprint density at radius 2 is 2.11 bits per heavy atom. The van der Waals surface area contributed by atoms with Gasteiger partial charge in [-0.3, -0.25) is 0 Å². The zero-order chi connectivity index (χ0) is 14.0. The topological polar surface area (TPSA) is 110 Å². The Balaban J connectivity index is 2.72. The molecule has 7 nitrogen and oxygen atoms in total. The lowest BCUT2D eigenvalue weighted by Gasteiger charge is -2.25. The van der Waals surface area contributed by atoms with Crippen LogP contribution >= 0.6 is 15.9 Å². The number of nitrogens with zero attached hydrogens (tertiary/aromatic N) is 2. The third kappa shape index (κ3) is 5.15. The van der Waals surface area contributed by atoms with Crippen LogP contribution in [0.4, 0.5) is 11.8 Å². The summed E-state index contributed by atoms with van der Waals surface area (Å²) in [5.74, 6) is 0.667. The van der Waals surface area contributed by atoms with Crippen molar-refractivity contribution in [2.75, 3.05) is 23.9 Å². The first-order chi connectivity index (χ1) is 8.09. The molecule has 0 unspecified atom stereocenters. The standard InChI is InChI=1S/C9H16BrN5O2S/c1-9(2,15-18(3,16)17)5-13-7-6(10)4-12-8(11)14-7/h4,15H,5H2,1-3H3,(H3,11,12,13,14). The average molecular weight is 338 g/mol. The van der Waals surface area contributed by atoms with Crippen molar-refractivity contribution in [1.82, 2.24) is 14.7 Å². The molecule has 0 atom stereocenters. The first-order valence-electron chi connectivity index (χ1n) is 5.10. The molecular weight excluding hydrogens is 322 g/mol. The molecule has 1 aromatic rings. The van der Waals surface area contributed by atoms with E-state index in [4.69, 9.17) is 5.73 Å². The Hall–Kier alpha value is -0.930. The minimum atomic E-state index is -3.26. The third-order valence-electron chi connectivity index (χ3n) is 1.92. The maximum Gasteiger partial charge on any atom is 0.221 e. The van der Waals surface area contributed by atoms with Crippen molar-refractivity contribution in [1.29, 1.82) is 0 Å². The number of nitrogens with two attached hydrogens (primary N) is 1. The number of nitrogens with one attached hydrogen (secondary N) is 2. The molecule has 102 valence electrons. The van der Waals surface area contributed by atoms with Crippen LogP contribution in [0.3, 0.4) is 0 Å². The number of halogens is 1. The molecule has 1 rings (SSSR count). The van der Waals surface area contributed by atoms with Gasteiger partial charge in [-0.2, -0.15) is 4.98 Å². The van der Waals surface area contributed by atoms with E-state index >= 15 is 0 Å². The fraction of sp³-hybridized carbons (Fsp3) is 0.556. The van der Waals surface area contributed by atoms with E-state index in [1.807, 2.05) is 0 Å². The van der Waals surface area contributed by atoms with Gasteiger partial charge >= 0.3 is 0 Å². The molecule has 1 heterocycles. The molecule has 0 fully saturated rings. The van der Waals surface area contributed by atoms with Crippen molar-refractivity contribution < 1.29 is 8.42 Å². The van der Waals surface area contributed by atoms with Gasteiger partial charge in [0, 0.05) is 18.3 Å². The quantitative estimate of drug-likeness (QED) is 0.724. The van der Waals surface area contributed by atoms with Gasteiger partial charge in [-0.05, 0) is 29.8 Å². The molecule has 0 spiro atoms. The number of sulfonamides is 1. The maximum atomic E-state index is 11.2. The number of aromatic nitrogens is 2. The molecule has 1 aromatic heterocycles. The van der Waals surface area contributed by atoms with Crippen molar-refractivity contribution in [3.05, 3.63) is 10.7 Å². The van der Waals surface area contributed by atoms with E-state index in [0.29, 0.717) is 16.8 Å². The molecule has 0 amide bonds.